The van der Waals surface area contributed by atoms with Crippen molar-refractivity contribution >= 4 is 17.5 Å². The summed E-state index contributed by atoms with van der Waals surface area (Å²) in [6, 6.07) is 4.71. The van der Waals surface area contributed by atoms with Crippen LogP contribution in [0.2, 0.25) is 0 Å². The monoisotopic (exact) mass is 357 g/mol. The molecule has 0 unspecified atom stereocenters. The van der Waals surface area contributed by atoms with Crippen LogP contribution < -0.4 is 15.4 Å². The summed E-state index contributed by atoms with van der Waals surface area (Å²) in [7, 11) is 0. The highest BCUT2D eigenvalue weighted by Gasteiger charge is 2.31. The zero-order valence-electron chi connectivity index (χ0n) is 15.0. The maximum Gasteiger partial charge on any atom is 0.410 e. The molecule has 2 N–H and O–H groups in total. The minimum absolute atomic E-state index is 0.0466. The minimum Gasteiger partial charge on any atom is -0.444 e. The molecule has 0 bridgehead atoms. The SMILES string of the molecule is C[C@@H]1CN(c2ccc(N)c(OC(F)F)c2)CCN1C(=O)OC(C)(C)C. The van der Waals surface area contributed by atoms with Crippen LogP contribution in [0.1, 0.15) is 27.7 Å². The van der Waals surface area contributed by atoms with E-state index >= 15 is 0 Å². The van der Waals surface area contributed by atoms with E-state index in [0.717, 1.165) is 5.69 Å². The lowest BCUT2D eigenvalue weighted by Gasteiger charge is -2.41. The first-order valence-corrected chi connectivity index (χ1v) is 8.16. The van der Waals surface area contributed by atoms with Gasteiger partial charge in [0, 0.05) is 37.4 Å². The van der Waals surface area contributed by atoms with Crippen LogP contribution in [-0.2, 0) is 4.74 Å². The molecular weight excluding hydrogens is 332 g/mol. The summed E-state index contributed by atoms with van der Waals surface area (Å²) in [4.78, 5) is 15.9. The van der Waals surface area contributed by atoms with Crippen molar-refractivity contribution in [3.05, 3.63) is 18.2 Å². The molecule has 0 aromatic heterocycles. The van der Waals surface area contributed by atoms with Gasteiger partial charge in [0.25, 0.3) is 0 Å². The third-order valence-corrected chi connectivity index (χ3v) is 3.83. The summed E-state index contributed by atoms with van der Waals surface area (Å²) >= 11 is 0. The van der Waals surface area contributed by atoms with E-state index in [1.807, 2.05) is 32.6 Å². The number of hydrogen-bond donors (Lipinski definition) is 1. The second-order valence-corrected chi connectivity index (χ2v) is 7.07. The number of alkyl halides is 2. The fourth-order valence-electron chi connectivity index (χ4n) is 2.70. The number of halogens is 2. The molecule has 1 aromatic carbocycles. The third kappa shape index (κ3) is 5.11. The topological polar surface area (TPSA) is 68.0 Å². The number of ether oxygens (including phenoxy) is 2. The molecule has 1 aromatic rings. The maximum atomic E-state index is 12.5. The van der Waals surface area contributed by atoms with Crippen molar-refractivity contribution in [3.8, 4) is 5.75 Å². The van der Waals surface area contributed by atoms with E-state index in [1.54, 1.807) is 11.0 Å². The Morgan fingerprint density at radius 1 is 1.32 bits per heavy atom. The van der Waals surface area contributed by atoms with Crippen molar-refractivity contribution in [2.75, 3.05) is 30.3 Å². The molecule has 25 heavy (non-hydrogen) atoms. The van der Waals surface area contributed by atoms with E-state index in [9.17, 15) is 13.6 Å². The number of carbonyl (C=O) groups excluding carboxylic acids is 1. The molecule has 1 aliphatic rings. The molecule has 1 fully saturated rings. The van der Waals surface area contributed by atoms with E-state index in [0.29, 0.717) is 19.6 Å². The highest BCUT2D eigenvalue weighted by molar-refractivity contribution is 5.69. The van der Waals surface area contributed by atoms with Gasteiger partial charge >= 0.3 is 12.7 Å². The molecule has 2 rings (SSSR count). The molecule has 1 heterocycles. The van der Waals surface area contributed by atoms with E-state index in [4.69, 9.17) is 10.5 Å². The minimum atomic E-state index is -2.93. The number of nitrogens with zero attached hydrogens (tertiary/aromatic N) is 2. The van der Waals surface area contributed by atoms with Gasteiger partial charge in [-0.3, -0.25) is 0 Å². The van der Waals surface area contributed by atoms with Gasteiger partial charge in [-0.25, -0.2) is 4.79 Å². The average Bonchev–Trinajstić information content (AvgIpc) is 2.47. The highest BCUT2D eigenvalue weighted by atomic mass is 19.3. The van der Waals surface area contributed by atoms with Crippen LogP contribution in [0.3, 0.4) is 0 Å². The van der Waals surface area contributed by atoms with Crippen LogP contribution in [0, 0.1) is 0 Å². The number of anilines is 2. The quantitative estimate of drug-likeness (QED) is 0.841. The zero-order chi connectivity index (χ0) is 18.8. The van der Waals surface area contributed by atoms with E-state index < -0.39 is 12.2 Å². The summed E-state index contributed by atoms with van der Waals surface area (Å²) in [5, 5.41) is 0. The van der Waals surface area contributed by atoms with E-state index in [2.05, 4.69) is 4.74 Å². The first kappa shape index (κ1) is 19.1. The highest BCUT2D eigenvalue weighted by Crippen LogP contribution is 2.30. The number of rotatable bonds is 3. The number of benzene rings is 1. The van der Waals surface area contributed by atoms with Gasteiger partial charge in [-0.2, -0.15) is 8.78 Å². The Bertz CT molecular complexity index is 620. The van der Waals surface area contributed by atoms with Crippen molar-refractivity contribution in [3.63, 3.8) is 0 Å². The number of carbonyl (C=O) groups is 1. The number of hydrogen-bond acceptors (Lipinski definition) is 5. The normalized spacial score (nSPS) is 18.4. The molecule has 1 amide bonds. The number of amides is 1. The van der Waals surface area contributed by atoms with Gasteiger partial charge in [0.05, 0.1) is 5.69 Å². The van der Waals surface area contributed by atoms with Crippen molar-refractivity contribution < 1.29 is 23.0 Å². The molecular formula is C17H25F2N3O3. The van der Waals surface area contributed by atoms with Crippen LogP contribution >= 0.6 is 0 Å². The second kappa shape index (κ2) is 7.33. The lowest BCUT2D eigenvalue weighted by Crippen LogP contribution is -2.55. The summed E-state index contributed by atoms with van der Waals surface area (Å²) in [5.41, 5.74) is 6.00. The lowest BCUT2D eigenvalue weighted by molar-refractivity contribution is -0.0493. The summed E-state index contributed by atoms with van der Waals surface area (Å²) in [6.07, 6.45) is -0.348. The van der Waals surface area contributed by atoms with E-state index in [1.165, 1.54) is 12.1 Å². The van der Waals surface area contributed by atoms with Crippen molar-refractivity contribution in [1.29, 1.82) is 0 Å². The van der Waals surface area contributed by atoms with E-state index in [-0.39, 0.29) is 23.6 Å². The smallest absolute Gasteiger partial charge is 0.410 e. The van der Waals surface area contributed by atoms with Gasteiger partial charge in [0.2, 0.25) is 0 Å². The fraction of sp³-hybridized carbons (Fsp3) is 0.588. The molecule has 1 aliphatic heterocycles. The molecule has 140 valence electrons. The van der Waals surface area contributed by atoms with Gasteiger partial charge in [-0.1, -0.05) is 0 Å². The molecule has 8 heteroatoms. The summed E-state index contributed by atoms with van der Waals surface area (Å²) in [6.45, 7) is 6.05. The van der Waals surface area contributed by atoms with Crippen LogP contribution in [0.4, 0.5) is 25.0 Å². The molecule has 1 atom stereocenters. The number of piperazine rings is 1. The average molecular weight is 357 g/mol. The van der Waals surface area contributed by atoms with Gasteiger partial charge in [-0.05, 0) is 39.8 Å². The van der Waals surface area contributed by atoms with Crippen LogP contribution in [0.5, 0.6) is 5.75 Å². The molecule has 0 saturated carbocycles. The van der Waals surface area contributed by atoms with Crippen molar-refractivity contribution in [2.45, 2.75) is 45.9 Å². The Morgan fingerprint density at radius 2 is 2.00 bits per heavy atom. The molecule has 6 nitrogen and oxygen atoms in total. The third-order valence-electron chi connectivity index (χ3n) is 3.83. The van der Waals surface area contributed by atoms with Crippen LogP contribution in [-0.4, -0.2) is 48.9 Å². The van der Waals surface area contributed by atoms with Gasteiger partial charge in [-0.15, -0.1) is 0 Å². The maximum absolute atomic E-state index is 12.5. The Labute approximate surface area is 146 Å². The predicted octanol–water partition coefficient (Wildman–Crippen LogP) is 3.32. The number of nitrogens with two attached hydrogens (primary N) is 1. The van der Waals surface area contributed by atoms with Crippen molar-refractivity contribution in [1.82, 2.24) is 4.90 Å². The lowest BCUT2D eigenvalue weighted by atomic mass is 10.1. The molecule has 0 aliphatic carbocycles. The van der Waals surface area contributed by atoms with Crippen molar-refractivity contribution in [2.24, 2.45) is 0 Å². The first-order valence-electron chi connectivity index (χ1n) is 8.16. The van der Waals surface area contributed by atoms with Crippen LogP contribution in [0.15, 0.2) is 18.2 Å². The largest absolute Gasteiger partial charge is 0.444 e. The Morgan fingerprint density at radius 3 is 2.56 bits per heavy atom. The summed E-state index contributed by atoms with van der Waals surface area (Å²) < 4.78 is 34.8. The molecule has 0 spiro atoms. The zero-order valence-corrected chi connectivity index (χ0v) is 15.0. The van der Waals surface area contributed by atoms with Gasteiger partial charge in [0.1, 0.15) is 5.60 Å². The van der Waals surface area contributed by atoms with Gasteiger partial charge < -0.3 is 25.0 Å². The van der Waals surface area contributed by atoms with Gasteiger partial charge in [0.15, 0.2) is 5.75 Å². The molecule has 0 radical (unpaired) electrons. The number of nitrogen functional groups attached to an aromatic ring is 1. The summed E-state index contributed by atoms with van der Waals surface area (Å²) in [5.74, 6) is -0.0466. The standard InChI is InChI=1S/C17H25F2N3O3/c1-11-10-21(7-8-22(11)16(23)25-17(2,3)4)12-5-6-13(20)14(9-12)24-15(18)19/h5-6,9,11,15H,7-8,10,20H2,1-4H3/t11-/m1/s1. The first-order chi connectivity index (χ1) is 11.6. The Hall–Kier alpha value is -2.25. The second-order valence-electron chi connectivity index (χ2n) is 7.07. The Kier molecular flexibility index (Phi) is 5.59. The Balaban J connectivity index is 2.06. The molecule has 1 saturated heterocycles. The predicted molar refractivity (Wildman–Crippen MR) is 92.1 cm³/mol. The fourth-order valence-corrected chi connectivity index (χ4v) is 2.70. The van der Waals surface area contributed by atoms with Crippen LogP contribution in [0.25, 0.3) is 0 Å².